The zero-order chi connectivity index (χ0) is 19.1. The molecule has 1 amide bonds. The van der Waals surface area contributed by atoms with Gasteiger partial charge in [-0.3, -0.25) is 4.79 Å². The third kappa shape index (κ3) is 6.18. The van der Waals surface area contributed by atoms with Gasteiger partial charge in [-0.1, -0.05) is 53.8 Å². The van der Waals surface area contributed by atoms with Crippen molar-refractivity contribution in [3.8, 4) is 0 Å². The van der Waals surface area contributed by atoms with Gasteiger partial charge in [-0.05, 0) is 49.9 Å². The smallest absolute Gasteiger partial charge is 0.227 e. The van der Waals surface area contributed by atoms with E-state index in [1.807, 2.05) is 56.3 Å². The first-order valence-electron chi connectivity index (χ1n) is 9.08. The van der Waals surface area contributed by atoms with Gasteiger partial charge in [0, 0.05) is 11.7 Å². The molecule has 0 bridgehead atoms. The van der Waals surface area contributed by atoms with E-state index in [0.717, 1.165) is 18.5 Å². The summed E-state index contributed by atoms with van der Waals surface area (Å²) in [6, 6.07) is 18.5. The number of nitrogens with one attached hydrogen (secondary N) is 2. The summed E-state index contributed by atoms with van der Waals surface area (Å²) >= 11 is 1.41. The molecular formula is C21H24N4OS. The summed E-state index contributed by atoms with van der Waals surface area (Å²) in [6.45, 7) is 4.08. The van der Waals surface area contributed by atoms with E-state index in [2.05, 4.69) is 33.0 Å². The lowest BCUT2D eigenvalue weighted by Gasteiger charge is -2.13. The molecule has 0 saturated carbocycles. The molecule has 140 valence electrons. The van der Waals surface area contributed by atoms with Crippen LogP contribution in [0, 0.1) is 6.92 Å². The average molecular weight is 381 g/mol. The monoisotopic (exact) mass is 380 g/mol. The van der Waals surface area contributed by atoms with Crippen LogP contribution in [-0.2, 0) is 17.6 Å². The van der Waals surface area contributed by atoms with Crippen LogP contribution in [0.15, 0.2) is 54.6 Å². The van der Waals surface area contributed by atoms with Crippen molar-refractivity contribution in [2.45, 2.75) is 39.2 Å². The SMILES string of the molecule is Cc1cccc(Nc2nnc(CC(=O)N[C@H](C)CCc3ccccc3)s2)c1. The number of amides is 1. The van der Waals surface area contributed by atoms with Crippen molar-refractivity contribution in [2.24, 2.45) is 0 Å². The maximum absolute atomic E-state index is 12.3. The van der Waals surface area contributed by atoms with E-state index in [1.54, 1.807) is 0 Å². The predicted molar refractivity (Wildman–Crippen MR) is 110 cm³/mol. The van der Waals surface area contributed by atoms with Crippen LogP contribution in [0.3, 0.4) is 0 Å². The van der Waals surface area contributed by atoms with Gasteiger partial charge in [-0.15, -0.1) is 10.2 Å². The molecule has 0 unspecified atom stereocenters. The van der Waals surface area contributed by atoms with Crippen molar-refractivity contribution in [1.29, 1.82) is 0 Å². The van der Waals surface area contributed by atoms with Crippen LogP contribution in [0.2, 0.25) is 0 Å². The minimum absolute atomic E-state index is 0.0196. The maximum Gasteiger partial charge on any atom is 0.227 e. The molecule has 0 radical (unpaired) electrons. The first kappa shape index (κ1) is 19.0. The highest BCUT2D eigenvalue weighted by molar-refractivity contribution is 7.15. The Morgan fingerprint density at radius 3 is 2.70 bits per heavy atom. The molecule has 1 heterocycles. The maximum atomic E-state index is 12.3. The number of hydrogen-bond acceptors (Lipinski definition) is 5. The number of anilines is 2. The molecule has 3 rings (SSSR count). The summed E-state index contributed by atoms with van der Waals surface area (Å²) in [5.74, 6) is -0.0196. The number of carbonyl (C=O) groups is 1. The van der Waals surface area contributed by atoms with E-state index in [4.69, 9.17) is 0 Å². The number of carbonyl (C=O) groups excluding carboxylic acids is 1. The molecule has 1 aromatic heterocycles. The van der Waals surface area contributed by atoms with Crippen molar-refractivity contribution in [3.63, 3.8) is 0 Å². The molecule has 0 spiro atoms. The first-order valence-corrected chi connectivity index (χ1v) is 9.89. The van der Waals surface area contributed by atoms with Gasteiger partial charge in [0.25, 0.3) is 0 Å². The molecular weight excluding hydrogens is 356 g/mol. The Labute approximate surface area is 163 Å². The Bertz CT molecular complexity index is 879. The van der Waals surface area contributed by atoms with Gasteiger partial charge >= 0.3 is 0 Å². The van der Waals surface area contributed by atoms with Crippen LogP contribution in [0.25, 0.3) is 0 Å². The fourth-order valence-electron chi connectivity index (χ4n) is 2.79. The van der Waals surface area contributed by atoms with Gasteiger partial charge in [-0.25, -0.2) is 0 Å². The number of rotatable bonds is 8. The van der Waals surface area contributed by atoms with Crippen LogP contribution < -0.4 is 10.6 Å². The highest BCUT2D eigenvalue weighted by Crippen LogP contribution is 2.21. The average Bonchev–Trinajstić information content (AvgIpc) is 3.07. The van der Waals surface area contributed by atoms with Crippen molar-refractivity contribution in [1.82, 2.24) is 15.5 Å². The van der Waals surface area contributed by atoms with E-state index >= 15 is 0 Å². The Balaban J connectivity index is 1.46. The van der Waals surface area contributed by atoms with Crippen molar-refractivity contribution in [2.75, 3.05) is 5.32 Å². The molecule has 0 fully saturated rings. The lowest BCUT2D eigenvalue weighted by molar-refractivity contribution is -0.121. The van der Waals surface area contributed by atoms with Crippen LogP contribution >= 0.6 is 11.3 Å². The lowest BCUT2D eigenvalue weighted by atomic mass is 10.1. The number of benzene rings is 2. The Hall–Kier alpha value is -2.73. The molecule has 2 aromatic carbocycles. The first-order chi connectivity index (χ1) is 13.1. The van der Waals surface area contributed by atoms with Gasteiger partial charge < -0.3 is 10.6 Å². The van der Waals surface area contributed by atoms with E-state index in [0.29, 0.717) is 10.1 Å². The standard InChI is InChI=1S/C21H24N4OS/c1-15-7-6-10-18(13-15)23-21-25-24-20(27-21)14-19(26)22-16(2)11-12-17-8-4-3-5-9-17/h3-10,13,16H,11-12,14H2,1-2H3,(H,22,26)(H,23,25)/t16-/m1/s1. The van der Waals surface area contributed by atoms with Crippen LogP contribution in [0.1, 0.15) is 29.5 Å². The molecule has 3 aromatic rings. The van der Waals surface area contributed by atoms with Crippen molar-refractivity contribution in [3.05, 3.63) is 70.7 Å². The molecule has 27 heavy (non-hydrogen) atoms. The largest absolute Gasteiger partial charge is 0.353 e. The lowest BCUT2D eigenvalue weighted by Crippen LogP contribution is -2.34. The van der Waals surface area contributed by atoms with Crippen LogP contribution in [0.4, 0.5) is 10.8 Å². The van der Waals surface area contributed by atoms with E-state index in [-0.39, 0.29) is 18.4 Å². The topological polar surface area (TPSA) is 66.9 Å². The van der Waals surface area contributed by atoms with Crippen molar-refractivity contribution < 1.29 is 4.79 Å². The number of aromatic nitrogens is 2. The Morgan fingerprint density at radius 2 is 1.93 bits per heavy atom. The minimum atomic E-state index is -0.0196. The van der Waals surface area contributed by atoms with Gasteiger partial charge in [0.2, 0.25) is 11.0 Å². The summed E-state index contributed by atoms with van der Waals surface area (Å²) < 4.78 is 0. The third-order valence-electron chi connectivity index (χ3n) is 4.16. The van der Waals surface area contributed by atoms with E-state index < -0.39 is 0 Å². The van der Waals surface area contributed by atoms with E-state index in [1.165, 1.54) is 22.5 Å². The molecule has 0 aliphatic rings. The minimum Gasteiger partial charge on any atom is -0.353 e. The molecule has 0 aliphatic carbocycles. The zero-order valence-corrected chi connectivity index (χ0v) is 16.4. The second kappa shape index (κ2) is 9.28. The molecule has 5 nitrogen and oxygen atoms in total. The molecule has 0 saturated heterocycles. The second-order valence-corrected chi connectivity index (χ2v) is 7.73. The molecule has 2 N–H and O–H groups in total. The summed E-state index contributed by atoms with van der Waals surface area (Å²) in [4.78, 5) is 12.3. The highest BCUT2D eigenvalue weighted by Gasteiger charge is 2.12. The van der Waals surface area contributed by atoms with Crippen LogP contribution in [-0.4, -0.2) is 22.1 Å². The normalized spacial score (nSPS) is 11.8. The molecule has 6 heteroatoms. The van der Waals surface area contributed by atoms with Gasteiger partial charge in [0.1, 0.15) is 5.01 Å². The van der Waals surface area contributed by atoms with E-state index in [9.17, 15) is 4.79 Å². The summed E-state index contributed by atoms with van der Waals surface area (Å²) in [6.07, 6.45) is 2.11. The Morgan fingerprint density at radius 1 is 1.11 bits per heavy atom. The van der Waals surface area contributed by atoms with Gasteiger partial charge in [0.15, 0.2) is 0 Å². The molecule has 1 atom stereocenters. The number of aryl methyl sites for hydroxylation is 2. The van der Waals surface area contributed by atoms with Crippen LogP contribution in [0.5, 0.6) is 0 Å². The van der Waals surface area contributed by atoms with Gasteiger partial charge in [-0.2, -0.15) is 0 Å². The van der Waals surface area contributed by atoms with Gasteiger partial charge in [0.05, 0.1) is 6.42 Å². The third-order valence-corrected chi connectivity index (χ3v) is 5.00. The zero-order valence-electron chi connectivity index (χ0n) is 15.6. The van der Waals surface area contributed by atoms with Crippen molar-refractivity contribution >= 4 is 28.1 Å². The molecule has 0 aliphatic heterocycles. The second-order valence-electron chi connectivity index (χ2n) is 6.67. The fourth-order valence-corrected chi connectivity index (χ4v) is 3.54. The summed E-state index contributed by atoms with van der Waals surface area (Å²) in [5, 5.41) is 15.9. The highest BCUT2D eigenvalue weighted by atomic mass is 32.1. The fraction of sp³-hybridized carbons (Fsp3) is 0.286. The number of hydrogen-bond donors (Lipinski definition) is 2. The number of nitrogens with zero attached hydrogens (tertiary/aromatic N) is 2. The predicted octanol–water partition coefficient (Wildman–Crippen LogP) is 4.27. The quantitative estimate of drug-likeness (QED) is 0.612. The summed E-state index contributed by atoms with van der Waals surface area (Å²) in [7, 11) is 0. The Kier molecular flexibility index (Phi) is 6.54. The summed E-state index contributed by atoms with van der Waals surface area (Å²) in [5.41, 5.74) is 3.43.